The van der Waals surface area contributed by atoms with Crippen LogP contribution in [-0.2, 0) is 4.74 Å². The van der Waals surface area contributed by atoms with Gasteiger partial charge in [0, 0.05) is 11.4 Å². The molecule has 0 bridgehead atoms. The van der Waals surface area contributed by atoms with E-state index in [0.717, 1.165) is 18.4 Å². The van der Waals surface area contributed by atoms with Gasteiger partial charge in [-0.15, -0.1) is 0 Å². The molecule has 16 heavy (non-hydrogen) atoms. The van der Waals surface area contributed by atoms with Crippen LogP contribution in [0.3, 0.4) is 0 Å². The van der Waals surface area contributed by atoms with E-state index in [0.29, 0.717) is 18.0 Å². The van der Waals surface area contributed by atoms with E-state index in [2.05, 4.69) is 5.32 Å². The predicted molar refractivity (Wildman–Crippen MR) is 65.5 cm³/mol. The van der Waals surface area contributed by atoms with Gasteiger partial charge in [-0.2, -0.15) is 0 Å². The highest BCUT2D eigenvalue weighted by Gasteiger charge is 2.06. The molecular weight excluding hydrogens is 204 g/mol. The number of rotatable bonds is 4. The fraction of sp³-hybridized carbons (Fsp3) is 0.417. The maximum absolute atomic E-state index is 11.4. The topological polar surface area (TPSA) is 64.3 Å². The Morgan fingerprint density at radius 1 is 1.50 bits per heavy atom. The molecule has 1 amide bonds. The van der Waals surface area contributed by atoms with Crippen LogP contribution in [0.4, 0.5) is 16.2 Å². The minimum atomic E-state index is -0.429. The Balaban J connectivity index is 2.53. The molecule has 0 aliphatic rings. The zero-order valence-electron chi connectivity index (χ0n) is 9.75. The maximum atomic E-state index is 11.4. The van der Waals surface area contributed by atoms with E-state index in [-0.39, 0.29) is 0 Å². The van der Waals surface area contributed by atoms with Crippen molar-refractivity contribution in [1.82, 2.24) is 0 Å². The molecule has 0 aromatic heterocycles. The van der Waals surface area contributed by atoms with Gasteiger partial charge in [-0.3, -0.25) is 5.32 Å². The summed E-state index contributed by atoms with van der Waals surface area (Å²) < 4.78 is 4.99. The first-order valence-corrected chi connectivity index (χ1v) is 5.44. The molecule has 0 heterocycles. The Labute approximate surface area is 95.8 Å². The molecule has 0 unspecified atom stereocenters. The standard InChI is InChI=1S/C12H18N2O2/c1-3-4-8-16-12(15)14-11-7-5-6-10(13)9(11)2/h5-7H,3-4,8,13H2,1-2H3,(H,14,15). The van der Waals surface area contributed by atoms with Crippen LogP contribution in [0.25, 0.3) is 0 Å². The van der Waals surface area contributed by atoms with Crippen molar-refractivity contribution >= 4 is 17.5 Å². The van der Waals surface area contributed by atoms with Crippen molar-refractivity contribution in [1.29, 1.82) is 0 Å². The first-order valence-electron chi connectivity index (χ1n) is 5.44. The molecule has 88 valence electrons. The number of ether oxygens (including phenoxy) is 1. The number of nitrogen functional groups attached to an aromatic ring is 1. The van der Waals surface area contributed by atoms with Gasteiger partial charge in [-0.05, 0) is 31.0 Å². The number of nitrogens with one attached hydrogen (secondary N) is 1. The second kappa shape index (κ2) is 6.00. The van der Waals surface area contributed by atoms with Crippen LogP contribution in [-0.4, -0.2) is 12.7 Å². The Hall–Kier alpha value is -1.71. The van der Waals surface area contributed by atoms with Gasteiger partial charge in [0.05, 0.1) is 6.61 Å². The highest BCUT2D eigenvalue weighted by molar-refractivity contribution is 5.86. The third kappa shape index (κ3) is 3.46. The van der Waals surface area contributed by atoms with Gasteiger partial charge in [0.15, 0.2) is 0 Å². The third-order valence-electron chi connectivity index (χ3n) is 2.34. The van der Waals surface area contributed by atoms with E-state index in [1.165, 1.54) is 0 Å². The molecule has 1 rings (SSSR count). The molecule has 0 atom stereocenters. The van der Waals surface area contributed by atoms with E-state index in [9.17, 15) is 4.79 Å². The highest BCUT2D eigenvalue weighted by Crippen LogP contribution is 2.20. The number of carbonyl (C=O) groups excluding carboxylic acids is 1. The van der Waals surface area contributed by atoms with Gasteiger partial charge in [0.25, 0.3) is 0 Å². The van der Waals surface area contributed by atoms with Crippen molar-refractivity contribution in [3.63, 3.8) is 0 Å². The summed E-state index contributed by atoms with van der Waals surface area (Å²) in [6, 6.07) is 5.39. The fourth-order valence-corrected chi connectivity index (χ4v) is 1.24. The normalized spacial score (nSPS) is 9.88. The zero-order valence-corrected chi connectivity index (χ0v) is 9.75. The van der Waals surface area contributed by atoms with Crippen LogP contribution < -0.4 is 11.1 Å². The van der Waals surface area contributed by atoms with Crippen molar-refractivity contribution < 1.29 is 9.53 Å². The number of unbranched alkanes of at least 4 members (excludes halogenated alkanes) is 1. The maximum Gasteiger partial charge on any atom is 0.411 e. The van der Waals surface area contributed by atoms with Gasteiger partial charge in [0.1, 0.15) is 0 Å². The lowest BCUT2D eigenvalue weighted by atomic mass is 10.1. The van der Waals surface area contributed by atoms with Gasteiger partial charge >= 0.3 is 6.09 Å². The first-order chi connectivity index (χ1) is 7.65. The number of hydrogen-bond acceptors (Lipinski definition) is 3. The van der Waals surface area contributed by atoms with Crippen LogP contribution >= 0.6 is 0 Å². The van der Waals surface area contributed by atoms with Crippen LogP contribution in [0, 0.1) is 6.92 Å². The largest absolute Gasteiger partial charge is 0.449 e. The van der Waals surface area contributed by atoms with Crippen molar-refractivity contribution in [2.75, 3.05) is 17.7 Å². The minimum absolute atomic E-state index is 0.429. The molecule has 0 fully saturated rings. The van der Waals surface area contributed by atoms with Crippen molar-refractivity contribution in [2.45, 2.75) is 26.7 Å². The summed E-state index contributed by atoms with van der Waals surface area (Å²) in [7, 11) is 0. The molecule has 1 aromatic carbocycles. The molecule has 0 radical (unpaired) electrons. The smallest absolute Gasteiger partial charge is 0.411 e. The average molecular weight is 222 g/mol. The number of anilines is 2. The van der Waals surface area contributed by atoms with Crippen LogP contribution in [0.5, 0.6) is 0 Å². The number of benzene rings is 1. The zero-order chi connectivity index (χ0) is 12.0. The summed E-state index contributed by atoms with van der Waals surface area (Å²) in [5.74, 6) is 0. The van der Waals surface area contributed by atoms with Gasteiger partial charge in [-0.25, -0.2) is 4.79 Å². The Morgan fingerprint density at radius 2 is 2.25 bits per heavy atom. The lowest BCUT2D eigenvalue weighted by molar-refractivity contribution is 0.160. The molecule has 4 heteroatoms. The second-order valence-corrected chi connectivity index (χ2v) is 3.63. The van der Waals surface area contributed by atoms with Gasteiger partial charge in [-0.1, -0.05) is 19.4 Å². The Kier molecular flexibility index (Phi) is 4.64. The van der Waals surface area contributed by atoms with Gasteiger partial charge in [0.2, 0.25) is 0 Å². The average Bonchev–Trinajstić information content (AvgIpc) is 2.25. The Morgan fingerprint density at radius 3 is 2.94 bits per heavy atom. The van der Waals surface area contributed by atoms with E-state index in [1.54, 1.807) is 18.2 Å². The van der Waals surface area contributed by atoms with E-state index < -0.39 is 6.09 Å². The molecule has 4 nitrogen and oxygen atoms in total. The number of amides is 1. The van der Waals surface area contributed by atoms with Crippen LogP contribution in [0.1, 0.15) is 25.3 Å². The molecule has 0 saturated carbocycles. The highest BCUT2D eigenvalue weighted by atomic mass is 16.5. The summed E-state index contributed by atoms with van der Waals surface area (Å²) in [6.45, 7) is 4.35. The lowest BCUT2D eigenvalue weighted by Gasteiger charge is -2.10. The number of carbonyl (C=O) groups is 1. The molecular formula is C12H18N2O2. The van der Waals surface area contributed by atoms with E-state index in [4.69, 9.17) is 10.5 Å². The van der Waals surface area contributed by atoms with Crippen molar-refractivity contribution in [3.05, 3.63) is 23.8 Å². The van der Waals surface area contributed by atoms with Crippen molar-refractivity contribution in [3.8, 4) is 0 Å². The molecule has 1 aromatic rings. The monoisotopic (exact) mass is 222 g/mol. The molecule has 0 aliphatic heterocycles. The summed E-state index contributed by atoms with van der Waals surface area (Å²) in [5, 5.41) is 2.67. The minimum Gasteiger partial charge on any atom is -0.449 e. The van der Waals surface area contributed by atoms with Gasteiger partial charge < -0.3 is 10.5 Å². The van der Waals surface area contributed by atoms with Crippen LogP contribution in [0.2, 0.25) is 0 Å². The quantitative estimate of drug-likeness (QED) is 0.608. The first kappa shape index (κ1) is 12.4. The van der Waals surface area contributed by atoms with E-state index in [1.807, 2.05) is 13.8 Å². The summed E-state index contributed by atoms with van der Waals surface area (Å²) >= 11 is 0. The molecule has 0 aliphatic carbocycles. The Bertz CT molecular complexity index is 364. The van der Waals surface area contributed by atoms with Crippen LogP contribution in [0.15, 0.2) is 18.2 Å². The van der Waals surface area contributed by atoms with E-state index >= 15 is 0 Å². The summed E-state index contributed by atoms with van der Waals surface area (Å²) in [5.41, 5.74) is 7.94. The predicted octanol–water partition coefficient (Wildman–Crippen LogP) is 2.93. The molecule has 0 spiro atoms. The summed E-state index contributed by atoms with van der Waals surface area (Å²) in [4.78, 5) is 11.4. The third-order valence-corrected chi connectivity index (χ3v) is 2.34. The number of hydrogen-bond donors (Lipinski definition) is 2. The lowest BCUT2D eigenvalue weighted by Crippen LogP contribution is -2.15. The fourth-order valence-electron chi connectivity index (χ4n) is 1.24. The molecule has 3 N–H and O–H groups in total. The molecule has 0 saturated heterocycles. The van der Waals surface area contributed by atoms with Crippen molar-refractivity contribution in [2.24, 2.45) is 0 Å². The second-order valence-electron chi connectivity index (χ2n) is 3.63. The number of nitrogens with two attached hydrogens (primary N) is 1. The SMILES string of the molecule is CCCCOC(=O)Nc1cccc(N)c1C. The summed E-state index contributed by atoms with van der Waals surface area (Å²) in [6.07, 6.45) is 1.45.